The molecule has 0 aliphatic rings. The second-order valence-electron chi connectivity index (χ2n) is 11.0. The minimum absolute atomic E-state index is 0.291. The third-order valence-electron chi connectivity index (χ3n) is 7.47. The quantitative estimate of drug-likeness (QED) is 0.111. The first-order valence-corrected chi connectivity index (χ1v) is 26.5. The van der Waals surface area contributed by atoms with Crippen LogP contribution in [-0.2, 0) is 0 Å². The van der Waals surface area contributed by atoms with Crippen LogP contribution in [0, 0.1) is 39.6 Å². The Morgan fingerprint density at radius 3 is 1.52 bits per heavy atom. The molecular formula is C32H43Br3F2N4S2Sn. The van der Waals surface area contributed by atoms with E-state index in [0.29, 0.717) is 5.56 Å². The summed E-state index contributed by atoms with van der Waals surface area (Å²) in [6.45, 7) is 14.3. The molecule has 0 aliphatic heterocycles. The molecule has 0 radical (unpaired) electrons. The smallest absolute Gasteiger partial charge is 0.215 e. The molecule has 4 heterocycles. The number of pyridine rings is 2. The van der Waals surface area contributed by atoms with Crippen molar-refractivity contribution < 1.29 is 8.78 Å². The first-order chi connectivity index (χ1) is 20.9. The number of hydrogen-bond acceptors (Lipinski definition) is 6. The number of hydrogen-bond donors (Lipinski definition) is 0. The molecule has 0 fully saturated rings. The van der Waals surface area contributed by atoms with Crippen LogP contribution in [0.25, 0.3) is 10.4 Å². The Balaban J connectivity index is 0.000000253. The molecular weight excluding hydrogens is 901 g/mol. The summed E-state index contributed by atoms with van der Waals surface area (Å²) < 4.78 is 43.6. The molecule has 0 saturated heterocycles. The van der Waals surface area contributed by atoms with Crippen LogP contribution in [0.5, 0.6) is 0 Å². The van der Waals surface area contributed by atoms with Gasteiger partial charge in [0.1, 0.15) is 3.79 Å². The van der Waals surface area contributed by atoms with Gasteiger partial charge in [-0.05, 0) is 97.7 Å². The van der Waals surface area contributed by atoms with E-state index in [1.807, 2.05) is 27.0 Å². The van der Waals surface area contributed by atoms with E-state index in [0.717, 1.165) is 40.1 Å². The first kappa shape index (κ1) is 39.8. The van der Waals surface area contributed by atoms with Gasteiger partial charge in [0.15, 0.2) is 0 Å². The number of nitrogens with zero attached hydrogens (tertiary/aromatic N) is 4. The van der Waals surface area contributed by atoms with Crippen molar-refractivity contribution >= 4 is 92.8 Å². The summed E-state index contributed by atoms with van der Waals surface area (Å²) in [6.07, 6.45) is 11.2. The van der Waals surface area contributed by atoms with E-state index in [-0.39, 0.29) is 5.95 Å². The van der Waals surface area contributed by atoms with Crippen LogP contribution >= 0.6 is 70.9 Å². The summed E-state index contributed by atoms with van der Waals surface area (Å²) in [5, 5.41) is 0. The van der Waals surface area contributed by atoms with Gasteiger partial charge in [0.05, 0.1) is 25.2 Å². The summed E-state index contributed by atoms with van der Waals surface area (Å²) in [5.41, 5.74) is 4.16. The Hall–Kier alpha value is -0.341. The molecule has 44 heavy (non-hydrogen) atoms. The van der Waals surface area contributed by atoms with Crippen molar-refractivity contribution in [1.29, 1.82) is 0 Å². The van der Waals surface area contributed by atoms with Gasteiger partial charge in [0.2, 0.25) is 5.95 Å². The molecule has 242 valence electrons. The molecule has 0 N–H and O–H groups in total. The van der Waals surface area contributed by atoms with Crippen molar-refractivity contribution in [2.24, 2.45) is 0 Å². The Labute approximate surface area is 299 Å². The number of rotatable bonds is 11. The van der Waals surface area contributed by atoms with E-state index in [1.165, 1.54) is 84.7 Å². The zero-order chi connectivity index (χ0) is 32.9. The van der Waals surface area contributed by atoms with Gasteiger partial charge in [-0.25, -0.2) is 4.98 Å². The maximum Gasteiger partial charge on any atom is 0.215 e. The van der Waals surface area contributed by atoms with Crippen LogP contribution in [0.4, 0.5) is 8.78 Å². The van der Waals surface area contributed by atoms with Crippen LogP contribution in [0.3, 0.4) is 0 Å². The Morgan fingerprint density at radius 2 is 1.16 bits per heavy atom. The molecule has 0 aromatic carbocycles. The molecule has 0 saturated carbocycles. The zero-order valence-electron chi connectivity index (χ0n) is 26.7. The average molecular weight is 944 g/mol. The Morgan fingerprint density at radius 1 is 0.682 bits per heavy atom. The summed E-state index contributed by atoms with van der Waals surface area (Å²) in [5.74, 6) is -0.712. The molecule has 4 aromatic heterocycles. The second kappa shape index (κ2) is 20.1. The van der Waals surface area contributed by atoms with Gasteiger partial charge in [-0.2, -0.15) is 13.1 Å². The second-order valence-corrected chi connectivity index (χ2v) is 28.7. The average Bonchev–Trinajstić information content (AvgIpc) is 3.50. The molecule has 4 rings (SSSR count). The van der Waals surface area contributed by atoms with Gasteiger partial charge >= 0.3 is 135 Å². The number of aryl methyl sites for hydroxylation is 4. The standard InChI is InChI=1S/C10H8BrFN2S.C6H5FN.C4H3Br2NS.3C4H9.Sn/c1-5-3-7(4-13-10(5)12)9-8(11)6(2)14-15-9;1-5-3-2-4-8-6(5)7;1-2-3(5)4(6)8-7-2;3*1-3-4-2;/h3-4H,1-2H3;3-4H,1H3;1H3;3*1,3-4H2,2H3;. The molecule has 4 nitrogen and oxygen atoms in total. The van der Waals surface area contributed by atoms with Gasteiger partial charge in [-0.3, -0.25) is 0 Å². The number of halogens is 5. The van der Waals surface area contributed by atoms with Gasteiger partial charge < -0.3 is 0 Å². The first-order valence-electron chi connectivity index (χ1n) is 15.0. The summed E-state index contributed by atoms with van der Waals surface area (Å²) >= 11 is 10.6. The Kier molecular flexibility index (Phi) is 18.2. The molecule has 4 aromatic rings. The maximum atomic E-state index is 13.6. The largest absolute Gasteiger partial charge is 0.227 e. The van der Waals surface area contributed by atoms with Crippen molar-refractivity contribution in [3.8, 4) is 10.4 Å². The zero-order valence-corrected chi connectivity index (χ0v) is 35.9. The maximum absolute atomic E-state index is 13.6. The van der Waals surface area contributed by atoms with Crippen LogP contribution in [0.15, 0.2) is 37.3 Å². The molecule has 0 atom stereocenters. The van der Waals surface area contributed by atoms with E-state index in [4.69, 9.17) is 0 Å². The summed E-state index contributed by atoms with van der Waals surface area (Å²) in [4.78, 5) is 8.74. The van der Waals surface area contributed by atoms with E-state index in [9.17, 15) is 8.78 Å². The number of aromatic nitrogens is 4. The molecule has 0 amide bonds. The third-order valence-corrected chi connectivity index (χ3v) is 28.5. The monoisotopic (exact) mass is 942 g/mol. The van der Waals surface area contributed by atoms with E-state index < -0.39 is 24.3 Å². The van der Waals surface area contributed by atoms with Crippen molar-refractivity contribution in [1.82, 2.24) is 18.7 Å². The summed E-state index contributed by atoms with van der Waals surface area (Å²) in [7, 11) is 0. The van der Waals surface area contributed by atoms with Crippen LogP contribution < -0.4 is 3.58 Å². The van der Waals surface area contributed by atoms with Gasteiger partial charge in [0.25, 0.3) is 0 Å². The minimum atomic E-state index is -2.40. The van der Waals surface area contributed by atoms with Crippen LogP contribution in [-0.4, -0.2) is 37.1 Å². The van der Waals surface area contributed by atoms with Crippen molar-refractivity contribution in [3.05, 3.63) is 71.7 Å². The summed E-state index contributed by atoms with van der Waals surface area (Å²) in [6, 6.07) is 3.92. The van der Waals surface area contributed by atoms with Crippen molar-refractivity contribution in [2.75, 3.05) is 0 Å². The predicted molar refractivity (Wildman–Crippen MR) is 198 cm³/mol. The van der Waals surface area contributed by atoms with E-state index in [2.05, 4.69) is 93.3 Å². The SMILES string of the molecule is CCC[CH2][Sn]([CH2]CCC)([CH2]CCC)[c]1cnc(F)c(C)c1.Cc1cc(-c2snc(C)c2Br)cnc1F.Cc1nsc(Br)c1Br. The molecule has 0 bridgehead atoms. The van der Waals surface area contributed by atoms with Gasteiger partial charge in [0, 0.05) is 17.3 Å². The van der Waals surface area contributed by atoms with Crippen molar-refractivity contribution in [3.63, 3.8) is 0 Å². The molecule has 12 heteroatoms. The Bertz CT molecular complexity index is 1420. The molecule has 0 aliphatic carbocycles. The fraction of sp³-hybridized carbons (Fsp3) is 0.500. The van der Waals surface area contributed by atoms with E-state index in [1.54, 1.807) is 13.0 Å². The minimum Gasteiger partial charge on any atom is -0.227 e. The van der Waals surface area contributed by atoms with Gasteiger partial charge in [-0.15, -0.1) is 0 Å². The molecule has 0 spiro atoms. The third kappa shape index (κ3) is 11.7. The fourth-order valence-electron chi connectivity index (χ4n) is 4.75. The normalized spacial score (nSPS) is 11.1. The molecule has 0 unspecified atom stereocenters. The van der Waals surface area contributed by atoms with E-state index >= 15 is 0 Å². The number of unbranched alkanes of at least 4 members (excludes halogenated alkanes) is 3. The predicted octanol–water partition coefficient (Wildman–Crippen LogP) is 12.3. The van der Waals surface area contributed by atoms with Crippen molar-refractivity contribution in [2.45, 2.75) is 100 Å². The van der Waals surface area contributed by atoms with Gasteiger partial charge in [-0.1, -0.05) is 0 Å². The van der Waals surface area contributed by atoms with Crippen LogP contribution in [0.2, 0.25) is 13.3 Å². The topological polar surface area (TPSA) is 51.6 Å². The van der Waals surface area contributed by atoms with Crippen LogP contribution in [0.1, 0.15) is 81.8 Å². The fourth-order valence-corrected chi connectivity index (χ4v) is 23.5.